The molecule has 1 aliphatic carbocycles. The Kier molecular flexibility index (Phi) is 10.9. The summed E-state index contributed by atoms with van der Waals surface area (Å²) in [5, 5.41) is 30.7. The quantitative estimate of drug-likeness (QED) is 0.232. The monoisotopic (exact) mass is 444 g/mol. The van der Waals surface area contributed by atoms with Crippen molar-refractivity contribution in [1.82, 2.24) is 0 Å². The Morgan fingerprint density at radius 1 is 1.12 bits per heavy atom. The molecular weight excluding hydrogens is 400 g/mol. The van der Waals surface area contributed by atoms with Crippen LogP contribution in [0.1, 0.15) is 96.5 Å². The summed E-state index contributed by atoms with van der Waals surface area (Å²) in [6.45, 7) is 6.42. The second kappa shape index (κ2) is 13.2. The maximum atomic E-state index is 11.7. The number of carboxylic acid groups (broad SMARTS) is 1. The molecule has 1 aromatic rings. The van der Waals surface area contributed by atoms with Crippen LogP contribution in [0.15, 0.2) is 42.5 Å². The second-order valence-corrected chi connectivity index (χ2v) is 10.3. The molecule has 0 spiro atoms. The molecule has 1 saturated carbocycles. The molecule has 1 aliphatic rings. The minimum atomic E-state index is -0.756. The van der Waals surface area contributed by atoms with Crippen LogP contribution in [0.2, 0.25) is 0 Å². The van der Waals surface area contributed by atoms with E-state index in [0.29, 0.717) is 12.3 Å². The maximum absolute atomic E-state index is 11.7. The van der Waals surface area contributed by atoms with E-state index in [1.807, 2.05) is 36.4 Å². The third-order valence-electron chi connectivity index (χ3n) is 7.39. The van der Waals surface area contributed by atoms with Crippen molar-refractivity contribution in [2.75, 3.05) is 0 Å². The lowest BCUT2D eigenvalue weighted by Crippen LogP contribution is -2.27. The molecule has 2 rings (SSSR count). The van der Waals surface area contributed by atoms with E-state index in [9.17, 15) is 20.1 Å². The molecule has 0 aliphatic heterocycles. The number of rotatable bonds is 14. The first-order chi connectivity index (χ1) is 15.3. The Hall–Kier alpha value is -1.65. The van der Waals surface area contributed by atoms with Crippen molar-refractivity contribution in [3.05, 3.63) is 48.0 Å². The average molecular weight is 445 g/mol. The van der Waals surface area contributed by atoms with Crippen molar-refractivity contribution in [2.24, 2.45) is 17.3 Å². The minimum absolute atomic E-state index is 0.126. The lowest BCUT2D eigenvalue weighted by atomic mass is 9.80. The van der Waals surface area contributed by atoms with Gasteiger partial charge in [0, 0.05) is 0 Å². The van der Waals surface area contributed by atoms with Gasteiger partial charge < -0.3 is 15.3 Å². The number of carbonyl (C=O) groups is 1. The van der Waals surface area contributed by atoms with Gasteiger partial charge in [-0.25, -0.2) is 0 Å². The Morgan fingerprint density at radius 3 is 2.50 bits per heavy atom. The molecule has 4 nitrogen and oxygen atoms in total. The van der Waals surface area contributed by atoms with Crippen LogP contribution in [0.4, 0.5) is 0 Å². The van der Waals surface area contributed by atoms with Gasteiger partial charge in [-0.3, -0.25) is 4.79 Å². The average Bonchev–Trinajstić information content (AvgIpc) is 3.12. The third kappa shape index (κ3) is 8.04. The van der Waals surface area contributed by atoms with Crippen molar-refractivity contribution in [2.45, 2.75) is 103 Å². The van der Waals surface area contributed by atoms with E-state index in [0.717, 1.165) is 63.4 Å². The minimum Gasteiger partial charge on any atom is -0.481 e. The highest BCUT2D eigenvalue weighted by Crippen LogP contribution is 2.38. The molecule has 5 atom stereocenters. The fraction of sp³-hybridized carbons (Fsp3) is 0.679. The first-order valence-electron chi connectivity index (χ1n) is 12.6. The van der Waals surface area contributed by atoms with Crippen LogP contribution in [-0.4, -0.2) is 33.5 Å². The van der Waals surface area contributed by atoms with Gasteiger partial charge in [0.2, 0.25) is 0 Å². The number of hydrogen-bond acceptors (Lipinski definition) is 3. The smallest absolute Gasteiger partial charge is 0.310 e. The number of aliphatic hydroxyl groups is 2. The van der Waals surface area contributed by atoms with E-state index >= 15 is 0 Å². The van der Waals surface area contributed by atoms with Crippen LogP contribution in [0.5, 0.6) is 0 Å². The van der Waals surface area contributed by atoms with Gasteiger partial charge in [-0.2, -0.15) is 0 Å². The van der Waals surface area contributed by atoms with Crippen molar-refractivity contribution in [1.29, 1.82) is 0 Å². The highest BCUT2D eigenvalue weighted by atomic mass is 16.4. The molecule has 0 heterocycles. The fourth-order valence-corrected chi connectivity index (χ4v) is 5.03. The summed E-state index contributed by atoms with van der Waals surface area (Å²) in [5.41, 5.74) is 0.746. The van der Waals surface area contributed by atoms with Gasteiger partial charge in [0.25, 0.3) is 0 Å². The predicted octanol–water partition coefficient (Wildman–Crippen LogP) is 6.33. The summed E-state index contributed by atoms with van der Waals surface area (Å²) >= 11 is 0. The van der Waals surface area contributed by atoms with Crippen LogP contribution in [-0.2, 0) is 4.79 Å². The summed E-state index contributed by atoms with van der Waals surface area (Å²) in [4.78, 5) is 11.7. The van der Waals surface area contributed by atoms with Crippen molar-refractivity contribution in [3.8, 4) is 0 Å². The van der Waals surface area contributed by atoms with Crippen LogP contribution in [0.25, 0.3) is 0 Å². The molecule has 0 radical (unpaired) electrons. The molecule has 1 fully saturated rings. The number of aliphatic hydroxyl groups excluding tert-OH is 2. The molecule has 4 heteroatoms. The van der Waals surface area contributed by atoms with Gasteiger partial charge in [-0.1, -0.05) is 95.4 Å². The first-order valence-corrected chi connectivity index (χ1v) is 12.6. The molecular formula is C28H44O4. The summed E-state index contributed by atoms with van der Waals surface area (Å²) in [7, 11) is 0. The summed E-state index contributed by atoms with van der Waals surface area (Å²) < 4.78 is 0. The lowest BCUT2D eigenvalue weighted by molar-refractivity contribution is -0.139. The number of unbranched alkanes of at least 4 members (excludes halogenated alkanes) is 3. The molecule has 0 bridgehead atoms. The van der Waals surface area contributed by atoms with Crippen LogP contribution >= 0.6 is 0 Å². The zero-order chi connectivity index (χ0) is 23.6. The molecule has 1 aromatic carbocycles. The van der Waals surface area contributed by atoms with E-state index in [2.05, 4.69) is 26.8 Å². The normalized spacial score (nSPS) is 23.5. The number of carboxylic acids is 1. The topological polar surface area (TPSA) is 77.8 Å². The largest absolute Gasteiger partial charge is 0.481 e. The third-order valence-corrected chi connectivity index (χ3v) is 7.39. The lowest BCUT2D eigenvalue weighted by Gasteiger charge is -2.29. The standard InChI is InChI=1S/C28H44O4/c1-4-5-20-28(2,3)26(30)19-17-22-16-18-25(29)23(22)14-10-7-11-15-24(27(31)32)21-12-8-6-9-13-21/h6,8-9,12-13,17,19,22-26,29-30H,4-5,7,10-11,14-16,18,20H2,1-3H3,(H,31,32)/t22-,23-,24?,25+,26?/m1/s1. The zero-order valence-electron chi connectivity index (χ0n) is 20.2. The van der Waals surface area contributed by atoms with Crippen LogP contribution < -0.4 is 0 Å². The number of hydrogen-bond donors (Lipinski definition) is 3. The number of aliphatic carboxylic acids is 1. The van der Waals surface area contributed by atoms with Gasteiger partial charge in [0.05, 0.1) is 18.1 Å². The molecule has 2 unspecified atom stereocenters. The molecule has 180 valence electrons. The predicted molar refractivity (Wildman–Crippen MR) is 131 cm³/mol. The highest BCUT2D eigenvalue weighted by molar-refractivity contribution is 5.75. The van der Waals surface area contributed by atoms with Crippen LogP contribution in [0.3, 0.4) is 0 Å². The molecule has 32 heavy (non-hydrogen) atoms. The van der Waals surface area contributed by atoms with Gasteiger partial charge in [-0.15, -0.1) is 0 Å². The fourth-order valence-electron chi connectivity index (χ4n) is 5.03. The van der Waals surface area contributed by atoms with Gasteiger partial charge in [0.15, 0.2) is 0 Å². The summed E-state index contributed by atoms with van der Waals surface area (Å²) in [6, 6.07) is 9.47. The summed E-state index contributed by atoms with van der Waals surface area (Å²) in [5.74, 6) is -0.645. The van der Waals surface area contributed by atoms with E-state index in [1.165, 1.54) is 0 Å². The number of benzene rings is 1. The maximum Gasteiger partial charge on any atom is 0.310 e. The highest BCUT2D eigenvalue weighted by Gasteiger charge is 2.33. The Balaban J connectivity index is 1.80. The molecule has 0 aromatic heterocycles. The van der Waals surface area contributed by atoms with Crippen molar-refractivity contribution in [3.63, 3.8) is 0 Å². The number of allylic oxidation sites excluding steroid dienone is 1. The molecule has 0 saturated heterocycles. The van der Waals surface area contributed by atoms with E-state index < -0.39 is 18.0 Å². The second-order valence-electron chi connectivity index (χ2n) is 10.3. The Bertz CT molecular complexity index is 697. The Labute approximate surface area is 194 Å². The summed E-state index contributed by atoms with van der Waals surface area (Å²) in [6.07, 6.45) is 12.9. The SMILES string of the molecule is CCCCC(C)(C)C(O)C=C[C@H]1CC[C@H](O)[C@@H]1CCCCCC(C(=O)O)c1ccccc1. The van der Waals surface area contributed by atoms with Crippen LogP contribution in [0, 0.1) is 17.3 Å². The first kappa shape index (κ1) is 26.6. The van der Waals surface area contributed by atoms with Crippen molar-refractivity contribution >= 4 is 5.97 Å². The van der Waals surface area contributed by atoms with E-state index in [4.69, 9.17) is 0 Å². The van der Waals surface area contributed by atoms with Crippen molar-refractivity contribution < 1.29 is 20.1 Å². The van der Waals surface area contributed by atoms with Gasteiger partial charge in [-0.05, 0) is 54.9 Å². The zero-order valence-corrected chi connectivity index (χ0v) is 20.2. The van der Waals surface area contributed by atoms with Gasteiger partial charge >= 0.3 is 5.97 Å². The van der Waals surface area contributed by atoms with E-state index in [1.54, 1.807) is 0 Å². The Morgan fingerprint density at radius 2 is 1.84 bits per heavy atom. The molecule has 3 N–H and O–H groups in total. The van der Waals surface area contributed by atoms with Gasteiger partial charge in [0.1, 0.15) is 0 Å². The molecule has 0 amide bonds. The van der Waals surface area contributed by atoms with E-state index in [-0.39, 0.29) is 17.4 Å².